The summed E-state index contributed by atoms with van der Waals surface area (Å²) in [5.41, 5.74) is 2.26. The lowest BCUT2D eigenvalue weighted by molar-refractivity contribution is -0.0894. The lowest BCUT2D eigenvalue weighted by Gasteiger charge is -2.39. The Morgan fingerprint density at radius 2 is 2.16 bits per heavy atom. The molecule has 0 spiro atoms. The molecular weight excluding hydrogens is 314 g/mol. The number of aromatic nitrogens is 2. The highest BCUT2D eigenvalue weighted by atomic mass is 16.5. The summed E-state index contributed by atoms with van der Waals surface area (Å²) in [6.07, 6.45) is 8.16. The van der Waals surface area contributed by atoms with E-state index in [1.807, 2.05) is 24.5 Å². The van der Waals surface area contributed by atoms with Crippen LogP contribution < -0.4 is 0 Å². The van der Waals surface area contributed by atoms with Gasteiger partial charge in [0, 0.05) is 43.6 Å². The molecule has 0 aromatic carbocycles. The highest BCUT2D eigenvalue weighted by molar-refractivity contribution is 5.07. The average molecular weight is 339 g/mol. The minimum atomic E-state index is 0.284. The zero-order valence-corrected chi connectivity index (χ0v) is 14.5. The molecule has 1 saturated carbocycles. The molecular formula is C20H25N3O2. The fourth-order valence-corrected chi connectivity index (χ4v) is 4.02. The van der Waals surface area contributed by atoms with Gasteiger partial charge < -0.3 is 9.47 Å². The zero-order valence-electron chi connectivity index (χ0n) is 14.5. The second-order valence-electron chi connectivity index (χ2n) is 6.91. The Balaban J connectivity index is 1.31. The molecule has 4 rings (SSSR count). The maximum Gasteiger partial charge on any atom is 0.0781 e. The van der Waals surface area contributed by atoms with Crippen molar-refractivity contribution in [3.05, 3.63) is 60.2 Å². The van der Waals surface area contributed by atoms with E-state index >= 15 is 0 Å². The van der Waals surface area contributed by atoms with E-state index in [0.717, 1.165) is 37.6 Å². The van der Waals surface area contributed by atoms with Crippen LogP contribution in [0.1, 0.15) is 24.1 Å². The topological polar surface area (TPSA) is 47.5 Å². The SMILES string of the molecule is c1ccc(CN2CCO[C@@H]3[C@@H](COCc4cccnc4)CC[C@H]32)nc1. The van der Waals surface area contributed by atoms with Gasteiger partial charge in [0.25, 0.3) is 0 Å². The molecule has 1 aliphatic carbocycles. The van der Waals surface area contributed by atoms with Crippen molar-refractivity contribution < 1.29 is 9.47 Å². The second-order valence-corrected chi connectivity index (χ2v) is 6.91. The van der Waals surface area contributed by atoms with E-state index in [4.69, 9.17) is 9.47 Å². The number of rotatable bonds is 6. The predicted molar refractivity (Wildman–Crippen MR) is 94.8 cm³/mol. The molecule has 3 heterocycles. The van der Waals surface area contributed by atoms with Gasteiger partial charge in [-0.15, -0.1) is 0 Å². The predicted octanol–water partition coefficient (Wildman–Crippen LogP) is 2.67. The molecule has 2 aliphatic rings. The number of hydrogen-bond donors (Lipinski definition) is 0. The van der Waals surface area contributed by atoms with Crippen LogP contribution in [0, 0.1) is 5.92 Å². The number of nitrogens with zero attached hydrogens (tertiary/aromatic N) is 3. The van der Waals surface area contributed by atoms with Gasteiger partial charge in [0.15, 0.2) is 0 Å². The van der Waals surface area contributed by atoms with E-state index in [-0.39, 0.29) is 6.10 Å². The monoisotopic (exact) mass is 339 g/mol. The van der Waals surface area contributed by atoms with Crippen LogP contribution in [0.25, 0.3) is 0 Å². The minimum absolute atomic E-state index is 0.284. The van der Waals surface area contributed by atoms with Crippen molar-refractivity contribution >= 4 is 0 Å². The number of ether oxygens (including phenoxy) is 2. The first-order chi connectivity index (χ1) is 12.4. The van der Waals surface area contributed by atoms with Crippen LogP contribution in [0.3, 0.4) is 0 Å². The third-order valence-electron chi connectivity index (χ3n) is 5.25. The van der Waals surface area contributed by atoms with Crippen molar-refractivity contribution in [3.8, 4) is 0 Å². The highest BCUT2D eigenvalue weighted by Gasteiger charge is 2.42. The third kappa shape index (κ3) is 4.06. The van der Waals surface area contributed by atoms with Gasteiger partial charge in [-0.05, 0) is 36.6 Å². The van der Waals surface area contributed by atoms with E-state index in [0.29, 0.717) is 18.6 Å². The number of hydrogen-bond acceptors (Lipinski definition) is 5. The third-order valence-corrected chi connectivity index (χ3v) is 5.25. The summed E-state index contributed by atoms with van der Waals surface area (Å²) in [6, 6.07) is 10.6. The van der Waals surface area contributed by atoms with Crippen molar-refractivity contribution in [2.75, 3.05) is 19.8 Å². The Labute approximate surface area is 149 Å². The number of morpholine rings is 1. The smallest absolute Gasteiger partial charge is 0.0781 e. The summed E-state index contributed by atoms with van der Waals surface area (Å²) in [5.74, 6) is 0.480. The molecule has 0 radical (unpaired) electrons. The van der Waals surface area contributed by atoms with Gasteiger partial charge in [0.1, 0.15) is 0 Å². The zero-order chi connectivity index (χ0) is 16.9. The van der Waals surface area contributed by atoms with Crippen molar-refractivity contribution in [2.45, 2.75) is 38.1 Å². The van der Waals surface area contributed by atoms with E-state index in [2.05, 4.69) is 33.1 Å². The maximum absolute atomic E-state index is 6.13. The van der Waals surface area contributed by atoms with Crippen molar-refractivity contribution in [1.82, 2.24) is 14.9 Å². The van der Waals surface area contributed by atoms with Crippen LogP contribution >= 0.6 is 0 Å². The van der Waals surface area contributed by atoms with Gasteiger partial charge in [-0.3, -0.25) is 14.9 Å². The molecule has 3 atom stereocenters. The normalized spacial score (nSPS) is 26.5. The lowest BCUT2D eigenvalue weighted by Crippen LogP contribution is -2.50. The van der Waals surface area contributed by atoms with Gasteiger partial charge in [-0.2, -0.15) is 0 Å². The first-order valence-corrected chi connectivity index (χ1v) is 9.12. The molecule has 25 heavy (non-hydrogen) atoms. The lowest BCUT2D eigenvalue weighted by atomic mass is 10.0. The summed E-state index contributed by atoms with van der Waals surface area (Å²) in [7, 11) is 0. The summed E-state index contributed by atoms with van der Waals surface area (Å²) in [5, 5.41) is 0. The Bertz CT molecular complexity index is 653. The molecule has 132 valence electrons. The summed E-state index contributed by atoms with van der Waals surface area (Å²) in [4.78, 5) is 11.1. The van der Waals surface area contributed by atoms with Crippen LogP contribution in [-0.2, 0) is 22.6 Å². The highest BCUT2D eigenvalue weighted by Crippen LogP contribution is 2.35. The largest absolute Gasteiger partial charge is 0.376 e. The maximum atomic E-state index is 6.13. The van der Waals surface area contributed by atoms with Crippen LogP contribution in [0.4, 0.5) is 0 Å². The molecule has 2 aromatic heterocycles. The average Bonchev–Trinajstić information content (AvgIpc) is 3.08. The van der Waals surface area contributed by atoms with Crippen LogP contribution in [-0.4, -0.2) is 46.8 Å². The molecule has 2 fully saturated rings. The van der Waals surface area contributed by atoms with Crippen molar-refractivity contribution in [3.63, 3.8) is 0 Å². The fraction of sp³-hybridized carbons (Fsp3) is 0.500. The molecule has 1 aliphatic heterocycles. The van der Waals surface area contributed by atoms with E-state index in [1.165, 1.54) is 12.8 Å². The number of fused-ring (bicyclic) bond motifs is 1. The summed E-state index contributed by atoms with van der Waals surface area (Å²) >= 11 is 0. The standard InChI is InChI=1S/C20H25N3O2/c1-2-9-22-18(5-1)13-23-10-11-25-20-17(6-7-19(20)23)15-24-14-16-4-3-8-21-12-16/h1-5,8-9,12,17,19-20H,6-7,10-11,13-15H2/t17-,19-,20-/m1/s1. The van der Waals surface area contributed by atoms with E-state index in [1.54, 1.807) is 6.20 Å². The molecule has 0 amide bonds. The Morgan fingerprint density at radius 1 is 1.16 bits per heavy atom. The molecule has 5 nitrogen and oxygen atoms in total. The molecule has 2 aromatic rings. The quantitative estimate of drug-likeness (QED) is 0.810. The number of pyridine rings is 2. The van der Waals surface area contributed by atoms with Crippen molar-refractivity contribution in [2.24, 2.45) is 5.92 Å². The van der Waals surface area contributed by atoms with Gasteiger partial charge in [0.05, 0.1) is 31.6 Å². The van der Waals surface area contributed by atoms with Gasteiger partial charge in [-0.25, -0.2) is 0 Å². The summed E-state index contributed by atoms with van der Waals surface area (Å²) in [6.45, 7) is 4.08. The summed E-state index contributed by atoms with van der Waals surface area (Å²) < 4.78 is 12.1. The van der Waals surface area contributed by atoms with E-state index < -0.39 is 0 Å². The van der Waals surface area contributed by atoms with Gasteiger partial charge in [-0.1, -0.05) is 12.1 Å². The van der Waals surface area contributed by atoms with Crippen LogP contribution in [0.15, 0.2) is 48.9 Å². The van der Waals surface area contributed by atoms with Crippen molar-refractivity contribution in [1.29, 1.82) is 0 Å². The van der Waals surface area contributed by atoms with Crippen LogP contribution in [0.2, 0.25) is 0 Å². The minimum Gasteiger partial charge on any atom is -0.376 e. The first kappa shape index (κ1) is 16.6. The Kier molecular flexibility index (Phi) is 5.35. The molecule has 1 saturated heterocycles. The Hall–Kier alpha value is -1.82. The van der Waals surface area contributed by atoms with Crippen LogP contribution in [0.5, 0.6) is 0 Å². The fourth-order valence-electron chi connectivity index (χ4n) is 4.02. The second kappa shape index (κ2) is 8.04. The molecule has 0 N–H and O–H groups in total. The van der Waals surface area contributed by atoms with Gasteiger partial charge >= 0.3 is 0 Å². The molecule has 0 bridgehead atoms. The Morgan fingerprint density at radius 3 is 3.00 bits per heavy atom. The van der Waals surface area contributed by atoms with E-state index in [9.17, 15) is 0 Å². The first-order valence-electron chi connectivity index (χ1n) is 9.12. The van der Waals surface area contributed by atoms with Gasteiger partial charge in [0.2, 0.25) is 0 Å². The molecule has 5 heteroatoms. The molecule has 0 unspecified atom stereocenters.